The van der Waals surface area contributed by atoms with Crippen LogP contribution < -0.4 is 5.32 Å². The molecule has 0 fully saturated rings. The Balaban J connectivity index is 2.32. The van der Waals surface area contributed by atoms with Crippen LogP contribution in [0.4, 0.5) is 15.9 Å². The molecule has 1 amide bonds. The van der Waals surface area contributed by atoms with Crippen molar-refractivity contribution in [2.24, 2.45) is 0 Å². The largest absolute Gasteiger partial charge is 0.306 e. The van der Waals surface area contributed by atoms with Gasteiger partial charge in [0.25, 0.3) is 11.6 Å². The number of carbonyl (C=O) groups is 1. The van der Waals surface area contributed by atoms with Crippen molar-refractivity contribution in [1.82, 2.24) is 4.98 Å². The second-order valence-electron chi connectivity index (χ2n) is 4.04. The quantitative estimate of drug-likeness (QED) is 0.689. The highest BCUT2D eigenvalue weighted by Crippen LogP contribution is 2.18. The smallest absolute Gasteiger partial charge is 0.270 e. The van der Waals surface area contributed by atoms with Crippen molar-refractivity contribution < 1.29 is 14.1 Å². The lowest BCUT2D eigenvalue weighted by Gasteiger charge is -2.07. The fourth-order valence-corrected chi connectivity index (χ4v) is 1.59. The summed E-state index contributed by atoms with van der Waals surface area (Å²) in [5, 5.41) is 13.1. The van der Waals surface area contributed by atoms with Gasteiger partial charge in [-0.25, -0.2) is 9.37 Å². The van der Waals surface area contributed by atoms with E-state index in [0.717, 1.165) is 18.2 Å². The monoisotopic (exact) mass is 275 g/mol. The van der Waals surface area contributed by atoms with Crippen LogP contribution in [0.2, 0.25) is 0 Å². The number of rotatable bonds is 3. The lowest BCUT2D eigenvalue weighted by atomic mass is 10.1. The Morgan fingerprint density at radius 2 is 2.15 bits per heavy atom. The van der Waals surface area contributed by atoms with Gasteiger partial charge in [0.2, 0.25) is 0 Å². The predicted molar refractivity (Wildman–Crippen MR) is 70.0 cm³/mol. The van der Waals surface area contributed by atoms with Gasteiger partial charge in [-0.15, -0.1) is 0 Å². The molecule has 0 bridgehead atoms. The van der Waals surface area contributed by atoms with Crippen LogP contribution in [0.5, 0.6) is 0 Å². The van der Waals surface area contributed by atoms with Gasteiger partial charge in [0.1, 0.15) is 11.6 Å². The number of anilines is 1. The average Bonchev–Trinajstić information content (AvgIpc) is 2.41. The maximum atomic E-state index is 13.6. The van der Waals surface area contributed by atoms with Crippen molar-refractivity contribution in [1.29, 1.82) is 0 Å². The molecule has 0 atom stereocenters. The predicted octanol–water partition coefficient (Wildman–Crippen LogP) is 2.69. The van der Waals surface area contributed by atoms with Gasteiger partial charge < -0.3 is 5.32 Å². The van der Waals surface area contributed by atoms with E-state index in [1.807, 2.05) is 0 Å². The molecule has 20 heavy (non-hydrogen) atoms. The third-order valence-electron chi connectivity index (χ3n) is 2.65. The molecule has 0 saturated carbocycles. The first-order valence-electron chi connectivity index (χ1n) is 5.66. The normalized spacial score (nSPS) is 10.1. The third-order valence-corrected chi connectivity index (χ3v) is 2.65. The number of hydrogen-bond donors (Lipinski definition) is 1. The van der Waals surface area contributed by atoms with E-state index >= 15 is 0 Å². The Morgan fingerprint density at radius 1 is 1.40 bits per heavy atom. The van der Waals surface area contributed by atoms with Gasteiger partial charge in [-0.05, 0) is 24.6 Å². The number of aryl methyl sites for hydroxylation is 1. The highest BCUT2D eigenvalue weighted by molar-refractivity contribution is 6.04. The van der Waals surface area contributed by atoms with Crippen molar-refractivity contribution in [3.8, 4) is 0 Å². The second-order valence-corrected chi connectivity index (χ2v) is 4.04. The van der Waals surface area contributed by atoms with Gasteiger partial charge in [0.05, 0.1) is 10.5 Å². The first-order chi connectivity index (χ1) is 9.49. The summed E-state index contributed by atoms with van der Waals surface area (Å²) >= 11 is 0. The molecule has 102 valence electrons. The summed E-state index contributed by atoms with van der Waals surface area (Å²) in [7, 11) is 0. The fourth-order valence-electron chi connectivity index (χ4n) is 1.59. The zero-order chi connectivity index (χ0) is 14.7. The van der Waals surface area contributed by atoms with Gasteiger partial charge in [0, 0.05) is 18.3 Å². The van der Waals surface area contributed by atoms with E-state index in [2.05, 4.69) is 10.3 Å². The molecule has 1 heterocycles. The molecule has 0 aliphatic carbocycles. The molecule has 7 heteroatoms. The summed E-state index contributed by atoms with van der Waals surface area (Å²) in [6.07, 6.45) is 1.48. The van der Waals surface area contributed by atoms with E-state index < -0.39 is 22.2 Å². The zero-order valence-electron chi connectivity index (χ0n) is 10.5. The number of hydrogen-bond acceptors (Lipinski definition) is 4. The van der Waals surface area contributed by atoms with Crippen molar-refractivity contribution in [3.63, 3.8) is 0 Å². The van der Waals surface area contributed by atoms with Crippen LogP contribution in [0.25, 0.3) is 0 Å². The molecule has 1 aromatic heterocycles. The van der Waals surface area contributed by atoms with Crippen LogP contribution in [-0.4, -0.2) is 15.8 Å². The first kappa shape index (κ1) is 13.6. The number of benzene rings is 1. The zero-order valence-corrected chi connectivity index (χ0v) is 10.5. The molecule has 1 aromatic carbocycles. The summed E-state index contributed by atoms with van der Waals surface area (Å²) in [6.45, 7) is 1.73. The highest BCUT2D eigenvalue weighted by Gasteiger charge is 2.17. The van der Waals surface area contributed by atoms with Gasteiger partial charge in [-0.2, -0.15) is 0 Å². The Kier molecular flexibility index (Phi) is 3.69. The van der Waals surface area contributed by atoms with Crippen molar-refractivity contribution in [3.05, 3.63) is 63.6 Å². The van der Waals surface area contributed by atoms with Crippen LogP contribution >= 0.6 is 0 Å². The number of nitrogens with zero attached hydrogens (tertiary/aromatic N) is 2. The average molecular weight is 275 g/mol. The molecular weight excluding hydrogens is 265 g/mol. The minimum absolute atomic E-state index is 0.281. The number of nitro benzene ring substituents is 1. The second kappa shape index (κ2) is 5.43. The number of carbonyl (C=O) groups excluding carboxylic acids is 1. The van der Waals surface area contributed by atoms with Crippen LogP contribution in [-0.2, 0) is 0 Å². The Labute approximate surface area is 113 Å². The topological polar surface area (TPSA) is 85.1 Å². The summed E-state index contributed by atoms with van der Waals surface area (Å²) in [6, 6.07) is 6.20. The Morgan fingerprint density at radius 3 is 2.80 bits per heavy atom. The molecular formula is C13H10FN3O3. The van der Waals surface area contributed by atoms with Crippen LogP contribution in [0, 0.1) is 22.9 Å². The standard InChI is InChI=1S/C13H10FN3O3/c1-8-3-2-6-15-12(8)16-13(18)10-7-9(17(19)20)4-5-11(10)14/h2-7H,1H3,(H,15,16,18). The minimum atomic E-state index is -0.832. The van der Waals surface area contributed by atoms with Gasteiger partial charge in [0.15, 0.2) is 0 Å². The number of amides is 1. The SMILES string of the molecule is Cc1cccnc1NC(=O)c1cc([N+](=O)[O-])ccc1F. The molecule has 0 unspecified atom stereocenters. The fraction of sp³-hybridized carbons (Fsp3) is 0.0769. The maximum Gasteiger partial charge on any atom is 0.270 e. The first-order valence-corrected chi connectivity index (χ1v) is 5.66. The summed E-state index contributed by atoms with van der Waals surface area (Å²) in [5.41, 5.74) is -0.0507. The van der Waals surface area contributed by atoms with Gasteiger partial charge >= 0.3 is 0 Å². The maximum absolute atomic E-state index is 13.6. The number of pyridine rings is 1. The van der Waals surface area contributed by atoms with E-state index in [-0.39, 0.29) is 11.5 Å². The Hall–Kier alpha value is -2.83. The Bertz CT molecular complexity index is 688. The lowest BCUT2D eigenvalue weighted by molar-refractivity contribution is -0.384. The molecule has 0 radical (unpaired) electrons. The van der Waals surface area contributed by atoms with E-state index in [4.69, 9.17) is 0 Å². The van der Waals surface area contributed by atoms with Crippen molar-refractivity contribution >= 4 is 17.4 Å². The summed E-state index contributed by atoms with van der Waals surface area (Å²) < 4.78 is 13.6. The van der Waals surface area contributed by atoms with E-state index in [1.165, 1.54) is 6.20 Å². The highest BCUT2D eigenvalue weighted by atomic mass is 19.1. The van der Waals surface area contributed by atoms with Crippen LogP contribution in [0.3, 0.4) is 0 Å². The molecule has 6 nitrogen and oxygen atoms in total. The molecule has 0 saturated heterocycles. The molecule has 1 N–H and O–H groups in total. The number of nitro groups is 1. The van der Waals surface area contributed by atoms with Crippen LogP contribution in [0.15, 0.2) is 36.5 Å². The van der Waals surface area contributed by atoms with Gasteiger partial charge in [-0.3, -0.25) is 14.9 Å². The molecule has 0 aliphatic heterocycles. The van der Waals surface area contributed by atoms with E-state index in [0.29, 0.717) is 5.56 Å². The van der Waals surface area contributed by atoms with E-state index in [1.54, 1.807) is 19.1 Å². The van der Waals surface area contributed by atoms with E-state index in [9.17, 15) is 19.3 Å². The molecule has 0 spiro atoms. The van der Waals surface area contributed by atoms with Gasteiger partial charge in [-0.1, -0.05) is 6.07 Å². The minimum Gasteiger partial charge on any atom is -0.306 e. The third kappa shape index (κ3) is 2.77. The van der Waals surface area contributed by atoms with Crippen molar-refractivity contribution in [2.45, 2.75) is 6.92 Å². The number of non-ortho nitro benzene ring substituents is 1. The van der Waals surface area contributed by atoms with Crippen LogP contribution in [0.1, 0.15) is 15.9 Å². The molecule has 2 rings (SSSR count). The summed E-state index contributed by atoms with van der Waals surface area (Å²) in [5.74, 6) is -1.34. The summed E-state index contributed by atoms with van der Waals surface area (Å²) in [4.78, 5) is 25.8. The van der Waals surface area contributed by atoms with Crippen molar-refractivity contribution in [2.75, 3.05) is 5.32 Å². The molecule has 2 aromatic rings. The number of halogens is 1. The number of aromatic nitrogens is 1. The molecule has 0 aliphatic rings. The lowest BCUT2D eigenvalue weighted by Crippen LogP contribution is -2.15. The number of nitrogens with one attached hydrogen (secondary N) is 1.